The van der Waals surface area contributed by atoms with Gasteiger partial charge in [-0.1, -0.05) is 24.3 Å². The molecule has 0 bridgehead atoms. The molecule has 0 aromatic heterocycles. The highest BCUT2D eigenvalue weighted by atomic mass is 16.7. The molecule has 4 rings (SSSR count). The third-order valence-corrected chi connectivity index (χ3v) is 5.37. The topological polar surface area (TPSA) is 51.2 Å². The van der Waals surface area contributed by atoms with E-state index in [9.17, 15) is 5.11 Å². The van der Waals surface area contributed by atoms with Crippen LogP contribution < -0.4 is 19.1 Å². The number of fused-ring (bicyclic) bond motifs is 2. The highest BCUT2D eigenvalue weighted by molar-refractivity contribution is 5.58. The highest BCUT2D eigenvalue weighted by Gasteiger charge is 2.47. The second-order valence-corrected chi connectivity index (χ2v) is 7.69. The molecule has 2 heterocycles. The van der Waals surface area contributed by atoms with Crippen LogP contribution in [-0.4, -0.2) is 31.8 Å². The Kier molecular flexibility index (Phi) is 4.07. The van der Waals surface area contributed by atoms with Crippen molar-refractivity contribution >= 4 is 5.69 Å². The van der Waals surface area contributed by atoms with Crippen molar-refractivity contribution in [1.29, 1.82) is 0 Å². The number of hydrogen-bond acceptors (Lipinski definition) is 5. The van der Waals surface area contributed by atoms with Crippen LogP contribution in [0.1, 0.15) is 30.9 Å². The standard InChI is InChI=1S/C22H25NO4/c1-13(2)21-20(14-6-8-15(9-7-14)23(4)5)16-10-18-19(26-12-25-18)11-17(16)27-22(21,3)24/h6-11,20-21,24H,1,12H2,2-5H3. The molecule has 2 aliphatic heterocycles. The molecule has 142 valence electrons. The van der Waals surface area contributed by atoms with Gasteiger partial charge in [0.1, 0.15) is 5.75 Å². The summed E-state index contributed by atoms with van der Waals surface area (Å²) in [6, 6.07) is 12.1. The Labute approximate surface area is 159 Å². The molecule has 27 heavy (non-hydrogen) atoms. The molecular formula is C22H25NO4. The van der Waals surface area contributed by atoms with Crippen molar-refractivity contribution in [3.05, 3.63) is 59.7 Å². The first-order valence-corrected chi connectivity index (χ1v) is 9.05. The smallest absolute Gasteiger partial charge is 0.231 e. The normalized spacial score (nSPS) is 25.5. The van der Waals surface area contributed by atoms with Crippen LogP contribution in [0.4, 0.5) is 5.69 Å². The average molecular weight is 367 g/mol. The third-order valence-electron chi connectivity index (χ3n) is 5.37. The van der Waals surface area contributed by atoms with Gasteiger partial charge in [-0.3, -0.25) is 0 Å². The fourth-order valence-electron chi connectivity index (χ4n) is 4.14. The maximum absolute atomic E-state index is 11.1. The molecule has 1 N–H and O–H groups in total. The zero-order valence-electron chi connectivity index (χ0n) is 16.2. The van der Waals surface area contributed by atoms with Crippen molar-refractivity contribution < 1.29 is 19.3 Å². The summed E-state index contributed by atoms with van der Waals surface area (Å²) in [5.74, 6) is 0.178. The molecular weight excluding hydrogens is 342 g/mol. The molecule has 5 nitrogen and oxygen atoms in total. The highest BCUT2D eigenvalue weighted by Crippen LogP contribution is 2.53. The van der Waals surface area contributed by atoms with Crippen molar-refractivity contribution in [3.63, 3.8) is 0 Å². The molecule has 0 spiro atoms. The van der Waals surface area contributed by atoms with Gasteiger partial charge in [0.15, 0.2) is 11.5 Å². The van der Waals surface area contributed by atoms with E-state index in [1.54, 1.807) is 6.92 Å². The molecule has 3 atom stereocenters. The lowest BCUT2D eigenvalue weighted by atomic mass is 9.71. The van der Waals surface area contributed by atoms with Gasteiger partial charge in [-0.2, -0.15) is 0 Å². The van der Waals surface area contributed by atoms with E-state index in [1.807, 2.05) is 33.2 Å². The minimum Gasteiger partial charge on any atom is -0.462 e. The largest absolute Gasteiger partial charge is 0.462 e. The van der Waals surface area contributed by atoms with E-state index in [1.165, 1.54) is 0 Å². The van der Waals surface area contributed by atoms with Gasteiger partial charge in [0, 0.05) is 44.3 Å². The van der Waals surface area contributed by atoms with Crippen molar-refractivity contribution in [3.8, 4) is 17.2 Å². The Morgan fingerprint density at radius 2 is 1.74 bits per heavy atom. The van der Waals surface area contributed by atoms with Gasteiger partial charge in [-0.15, -0.1) is 0 Å². The number of aliphatic hydroxyl groups is 1. The quantitative estimate of drug-likeness (QED) is 0.834. The summed E-state index contributed by atoms with van der Waals surface area (Å²) in [6.07, 6.45) is 0. The van der Waals surface area contributed by atoms with E-state index in [4.69, 9.17) is 14.2 Å². The van der Waals surface area contributed by atoms with Crippen molar-refractivity contribution in [2.24, 2.45) is 5.92 Å². The molecule has 0 fully saturated rings. The Bertz CT molecular complexity index is 886. The van der Waals surface area contributed by atoms with Gasteiger partial charge >= 0.3 is 0 Å². The van der Waals surface area contributed by atoms with Gasteiger partial charge in [0.05, 0.1) is 5.92 Å². The lowest BCUT2D eigenvalue weighted by Crippen LogP contribution is -2.47. The van der Waals surface area contributed by atoms with E-state index in [0.29, 0.717) is 17.2 Å². The summed E-state index contributed by atoms with van der Waals surface area (Å²) < 4.78 is 17.0. The molecule has 0 aliphatic carbocycles. The van der Waals surface area contributed by atoms with E-state index in [0.717, 1.165) is 22.4 Å². The predicted octanol–water partition coefficient (Wildman–Crippen LogP) is 3.91. The number of rotatable bonds is 3. The van der Waals surface area contributed by atoms with Crippen molar-refractivity contribution in [2.75, 3.05) is 25.8 Å². The zero-order chi connectivity index (χ0) is 19.3. The number of nitrogens with zero attached hydrogens (tertiary/aromatic N) is 1. The molecule has 0 amide bonds. The number of anilines is 1. The zero-order valence-corrected chi connectivity index (χ0v) is 16.2. The summed E-state index contributed by atoms with van der Waals surface area (Å²) in [6.45, 7) is 7.96. The van der Waals surface area contributed by atoms with E-state index in [2.05, 4.69) is 35.7 Å². The fraction of sp³-hybridized carbons (Fsp3) is 0.364. The van der Waals surface area contributed by atoms with Crippen LogP contribution >= 0.6 is 0 Å². The van der Waals surface area contributed by atoms with Crippen molar-refractivity contribution in [2.45, 2.75) is 25.6 Å². The number of benzene rings is 2. The summed E-state index contributed by atoms with van der Waals surface area (Å²) >= 11 is 0. The van der Waals surface area contributed by atoms with Crippen LogP contribution in [-0.2, 0) is 0 Å². The van der Waals surface area contributed by atoms with E-state index in [-0.39, 0.29) is 18.6 Å². The molecule has 2 aliphatic rings. The molecule has 2 aromatic carbocycles. The summed E-state index contributed by atoms with van der Waals surface area (Å²) in [7, 11) is 4.03. The third kappa shape index (κ3) is 2.92. The van der Waals surface area contributed by atoms with Gasteiger partial charge < -0.3 is 24.2 Å². The van der Waals surface area contributed by atoms with Crippen LogP contribution in [0.25, 0.3) is 0 Å². The molecule has 0 saturated heterocycles. The maximum atomic E-state index is 11.1. The molecule has 3 unspecified atom stereocenters. The van der Waals surface area contributed by atoms with E-state index < -0.39 is 5.79 Å². The van der Waals surface area contributed by atoms with Gasteiger partial charge in [0.2, 0.25) is 12.6 Å². The molecule has 0 saturated carbocycles. The van der Waals surface area contributed by atoms with Crippen molar-refractivity contribution in [1.82, 2.24) is 0 Å². The number of hydrogen-bond donors (Lipinski definition) is 1. The van der Waals surface area contributed by atoms with Gasteiger partial charge in [-0.05, 0) is 30.7 Å². The monoisotopic (exact) mass is 367 g/mol. The Hall–Kier alpha value is -2.66. The SMILES string of the molecule is C=C(C)C1C(c2ccc(N(C)C)cc2)c2cc3c(cc2OC1(C)O)OCO3. The maximum Gasteiger partial charge on any atom is 0.231 e. The minimum atomic E-state index is -1.38. The number of ether oxygens (including phenoxy) is 3. The second kappa shape index (κ2) is 6.20. The summed E-state index contributed by atoms with van der Waals surface area (Å²) in [5.41, 5.74) is 4.05. The molecule has 0 radical (unpaired) electrons. The van der Waals surface area contributed by atoms with Crippen LogP contribution in [0.3, 0.4) is 0 Å². The first kappa shape index (κ1) is 17.7. The Balaban J connectivity index is 1.89. The fourth-order valence-corrected chi connectivity index (χ4v) is 4.14. The summed E-state index contributed by atoms with van der Waals surface area (Å²) in [4.78, 5) is 2.06. The lowest BCUT2D eigenvalue weighted by molar-refractivity contribution is -0.166. The van der Waals surface area contributed by atoms with Crippen LogP contribution in [0.5, 0.6) is 17.2 Å². The van der Waals surface area contributed by atoms with E-state index >= 15 is 0 Å². The first-order valence-electron chi connectivity index (χ1n) is 9.05. The lowest BCUT2D eigenvalue weighted by Gasteiger charge is -2.44. The Morgan fingerprint density at radius 3 is 2.33 bits per heavy atom. The average Bonchev–Trinajstić information content (AvgIpc) is 3.05. The predicted molar refractivity (Wildman–Crippen MR) is 105 cm³/mol. The second-order valence-electron chi connectivity index (χ2n) is 7.69. The van der Waals surface area contributed by atoms with Crippen LogP contribution in [0.2, 0.25) is 0 Å². The summed E-state index contributed by atoms with van der Waals surface area (Å²) in [5, 5.41) is 11.1. The Morgan fingerprint density at radius 1 is 1.11 bits per heavy atom. The van der Waals surface area contributed by atoms with Crippen LogP contribution in [0, 0.1) is 5.92 Å². The first-order chi connectivity index (χ1) is 12.8. The molecule has 2 aromatic rings. The van der Waals surface area contributed by atoms with Gasteiger partial charge in [-0.25, -0.2) is 0 Å². The van der Waals surface area contributed by atoms with Gasteiger partial charge in [0.25, 0.3) is 0 Å². The van der Waals surface area contributed by atoms with Crippen LogP contribution in [0.15, 0.2) is 48.6 Å². The molecule has 5 heteroatoms. The minimum absolute atomic E-state index is 0.105.